The van der Waals surface area contributed by atoms with Gasteiger partial charge in [0, 0.05) is 22.6 Å². The van der Waals surface area contributed by atoms with Gasteiger partial charge in [0.2, 0.25) is 0 Å². The minimum Gasteiger partial charge on any atom is -0.348 e. The van der Waals surface area contributed by atoms with Gasteiger partial charge >= 0.3 is 0 Å². The molecule has 2 atom stereocenters. The Morgan fingerprint density at radius 3 is 2.77 bits per heavy atom. The molecule has 1 saturated carbocycles. The van der Waals surface area contributed by atoms with Gasteiger partial charge in [0.15, 0.2) is 5.71 Å². The van der Waals surface area contributed by atoms with Gasteiger partial charge in [0.05, 0.1) is 7.05 Å². The molecule has 0 bridgehead atoms. The number of nitrogens with zero attached hydrogens (tertiary/aromatic N) is 1. The lowest BCUT2D eigenvalue weighted by Crippen LogP contribution is -3.02. The second kappa shape index (κ2) is 7.53. The molecule has 0 aromatic heterocycles. The molecule has 1 aliphatic heterocycles. The van der Waals surface area contributed by atoms with Crippen molar-refractivity contribution in [2.24, 2.45) is 11.0 Å². The molecule has 4 nitrogen and oxygen atoms in total. The lowest BCUT2D eigenvalue weighted by atomic mass is 9.90. The average molecular weight is 373 g/mol. The van der Waals surface area contributed by atoms with Crippen LogP contribution in [0.15, 0.2) is 40.6 Å². The van der Waals surface area contributed by atoms with Crippen molar-refractivity contribution in [1.29, 1.82) is 0 Å². The molecule has 2 N–H and O–H groups in total. The first kappa shape index (κ1) is 17.7. The quantitative estimate of drug-likeness (QED) is 0.838. The molecule has 2 aliphatic carbocycles. The van der Waals surface area contributed by atoms with Crippen molar-refractivity contribution >= 4 is 23.2 Å². The molecule has 1 fully saturated rings. The van der Waals surface area contributed by atoms with Gasteiger partial charge in [-0.25, -0.2) is 0 Å². The van der Waals surface area contributed by atoms with E-state index in [1.165, 1.54) is 29.7 Å². The normalized spacial score (nSPS) is 26.0. The Morgan fingerprint density at radius 1 is 1.23 bits per heavy atom. The summed E-state index contributed by atoms with van der Waals surface area (Å²) in [6.07, 6.45) is 8.75. The van der Waals surface area contributed by atoms with E-state index in [-0.39, 0.29) is 5.91 Å². The summed E-state index contributed by atoms with van der Waals surface area (Å²) in [5.74, 6) is 0.419. The molecule has 5 heteroatoms. The van der Waals surface area contributed by atoms with Gasteiger partial charge in [0.1, 0.15) is 5.70 Å². The van der Waals surface area contributed by atoms with Crippen LogP contribution >= 0.6 is 11.6 Å². The summed E-state index contributed by atoms with van der Waals surface area (Å²) < 4.78 is 0. The Morgan fingerprint density at radius 2 is 2.04 bits per heavy atom. The molecule has 4 rings (SSSR count). The summed E-state index contributed by atoms with van der Waals surface area (Å²) in [7, 11) is 2.06. The fraction of sp³-hybridized carbons (Fsp3) is 0.524. The molecule has 1 aromatic rings. The first-order chi connectivity index (χ1) is 12.6. The average Bonchev–Trinajstić information content (AvgIpc) is 2.78. The van der Waals surface area contributed by atoms with Gasteiger partial charge in [-0.2, -0.15) is 5.01 Å². The fourth-order valence-electron chi connectivity index (χ4n) is 4.40. The predicted molar refractivity (Wildman–Crippen MR) is 104 cm³/mol. The maximum absolute atomic E-state index is 12.8. The molecule has 1 amide bonds. The van der Waals surface area contributed by atoms with Crippen LogP contribution in [0.25, 0.3) is 0 Å². The highest BCUT2D eigenvalue weighted by atomic mass is 35.5. The third kappa shape index (κ3) is 3.45. The third-order valence-electron chi connectivity index (χ3n) is 6.00. The maximum Gasteiger partial charge on any atom is 0.276 e. The highest BCUT2D eigenvalue weighted by molar-refractivity contribution is 6.45. The van der Waals surface area contributed by atoms with Crippen LogP contribution in [-0.4, -0.2) is 24.7 Å². The number of rotatable bonds is 4. The van der Waals surface area contributed by atoms with E-state index in [9.17, 15) is 4.79 Å². The number of nitrogens with one attached hydrogen (secondary N) is 2. The van der Waals surface area contributed by atoms with E-state index in [0.717, 1.165) is 48.6 Å². The Kier molecular flexibility index (Phi) is 5.14. The van der Waals surface area contributed by atoms with Gasteiger partial charge in [-0.3, -0.25) is 4.79 Å². The SMILES string of the molecule is C[NH+]1N=C(C(=O)NC2CCC2)C2=C1C(Cc1ccccc1Cl)CCCC2. The van der Waals surface area contributed by atoms with Crippen molar-refractivity contribution in [1.82, 2.24) is 5.32 Å². The summed E-state index contributed by atoms with van der Waals surface area (Å²) in [6.45, 7) is 0. The smallest absolute Gasteiger partial charge is 0.276 e. The lowest BCUT2D eigenvalue weighted by Gasteiger charge is -2.26. The predicted octanol–water partition coefficient (Wildman–Crippen LogP) is 2.88. The van der Waals surface area contributed by atoms with Crippen LogP contribution in [0, 0.1) is 5.92 Å². The Hall–Kier alpha value is -1.65. The number of amides is 1. The molecule has 0 spiro atoms. The second-order valence-electron chi connectivity index (χ2n) is 7.78. The van der Waals surface area contributed by atoms with Crippen LogP contribution in [0.4, 0.5) is 0 Å². The van der Waals surface area contributed by atoms with Crippen molar-refractivity contribution in [2.45, 2.75) is 57.4 Å². The van der Waals surface area contributed by atoms with E-state index >= 15 is 0 Å². The number of quaternary nitrogens is 1. The molecular weight excluding hydrogens is 346 g/mol. The van der Waals surface area contributed by atoms with E-state index in [0.29, 0.717) is 17.7 Å². The molecule has 3 aliphatic rings. The lowest BCUT2D eigenvalue weighted by molar-refractivity contribution is -0.847. The summed E-state index contributed by atoms with van der Waals surface area (Å²) in [6, 6.07) is 8.44. The number of benzene rings is 1. The van der Waals surface area contributed by atoms with E-state index in [4.69, 9.17) is 16.7 Å². The van der Waals surface area contributed by atoms with Crippen LogP contribution in [-0.2, 0) is 11.2 Å². The monoisotopic (exact) mass is 372 g/mol. The Balaban J connectivity index is 1.59. The van der Waals surface area contributed by atoms with Crippen LogP contribution in [0.1, 0.15) is 50.5 Å². The number of hydrogen-bond acceptors (Lipinski definition) is 2. The van der Waals surface area contributed by atoms with Gasteiger partial charge < -0.3 is 5.32 Å². The van der Waals surface area contributed by atoms with E-state index in [1.807, 2.05) is 18.2 Å². The largest absolute Gasteiger partial charge is 0.348 e. The maximum atomic E-state index is 12.8. The van der Waals surface area contributed by atoms with Crippen LogP contribution in [0.2, 0.25) is 5.02 Å². The number of carbonyl (C=O) groups is 1. The standard InChI is InChI=1S/C21H26ClN3O/c1-25-20-15(13-14-7-3-5-12-18(14)22)8-2-4-11-17(20)19(24-25)21(26)23-16-9-6-10-16/h3,5,7,12,15-16H,2,4,6,8-11,13H2,1H3,(H,23,26)/p+1. The topological polar surface area (TPSA) is 45.9 Å². The number of carbonyl (C=O) groups excluding carboxylic acids is 1. The zero-order valence-electron chi connectivity index (χ0n) is 15.4. The van der Waals surface area contributed by atoms with E-state index in [2.05, 4.69) is 18.4 Å². The second-order valence-corrected chi connectivity index (χ2v) is 8.18. The molecule has 2 unspecified atom stereocenters. The van der Waals surface area contributed by atoms with Crippen LogP contribution in [0.3, 0.4) is 0 Å². The van der Waals surface area contributed by atoms with E-state index in [1.54, 1.807) is 0 Å². The highest BCUT2D eigenvalue weighted by Crippen LogP contribution is 2.32. The number of halogens is 1. The zero-order chi connectivity index (χ0) is 18.1. The highest BCUT2D eigenvalue weighted by Gasteiger charge is 2.39. The van der Waals surface area contributed by atoms with Crippen molar-refractivity contribution < 1.29 is 9.80 Å². The van der Waals surface area contributed by atoms with Crippen molar-refractivity contribution in [3.8, 4) is 0 Å². The summed E-state index contributed by atoms with van der Waals surface area (Å²) in [5, 5.41) is 9.74. The molecule has 0 radical (unpaired) electrons. The Labute approximate surface area is 160 Å². The first-order valence-corrected chi connectivity index (χ1v) is 10.2. The minimum absolute atomic E-state index is 0.0254. The van der Waals surface area contributed by atoms with Gasteiger partial charge in [-0.05, 0) is 56.6 Å². The zero-order valence-corrected chi connectivity index (χ0v) is 16.1. The van der Waals surface area contributed by atoms with Crippen LogP contribution < -0.4 is 10.3 Å². The van der Waals surface area contributed by atoms with Gasteiger partial charge in [-0.15, -0.1) is 0 Å². The molecule has 0 saturated heterocycles. The van der Waals surface area contributed by atoms with Gasteiger partial charge in [-0.1, -0.05) is 41.3 Å². The fourth-order valence-corrected chi connectivity index (χ4v) is 4.61. The number of hydrogen-bond donors (Lipinski definition) is 2. The van der Waals surface area contributed by atoms with Crippen molar-refractivity contribution in [3.63, 3.8) is 0 Å². The number of allylic oxidation sites excluding steroid dienone is 1. The molecule has 138 valence electrons. The summed E-state index contributed by atoms with van der Waals surface area (Å²) in [5.41, 5.74) is 4.36. The van der Waals surface area contributed by atoms with E-state index < -0.39 is 0 Å². The molecular formula is C21H27ClN3O+. The molecule has 1 heterocycles. The molecule has 1 aromatic carbocycles. The first-order valence-electron chi connectivity index (χ1n) is 9.84. The van der Waals surface area contributed by atoms with Crippen molar-refractivity contribution in [2.75, 3.05) is 7.05 Å². The molecule has 26 heavy (non-hydrogen) atoms. The third-order valence-corrected chi connectivity index (χ3v) is 6.37. The van der Waals surface area contributed by atoms with Crippen LogP contribution in [0.5, 0.6) is 0 Å². The van der Waals surface area contributed by atoms with Gasteiger partial charge in [0.25, 0.3) is 5.91 Å². The minimum atomic E-state index is 0.0254. The summed E-state index contributed by atoms with van der Waals surface area (Å²) >= 11 is 6.41. The van der Waals surface area contributed by atoms with Crippen molar-refractivity contribution in [3.05, 3.63) is 46.1 Å². The Bertz CT molecular complexity index is 766. The summed E-state index contributed by atoms with van der Waals surface area (Å²) in [4.78, 5) is 12.8.